The molecule has 0 saturated carbocycles. The van der Waals surface area contributed by atoms with Crippen LogP contribution in [0.25, 0.3) is 11.8 Å². The van der Waals surface area contributed by atoms with Gasteiger partial charge in [0.1, 0.15) is 5.82 Å². The summed E-state index contributed by atoms with van der Waals surface area (Å²) in [5.74, 6) is -0.247. The molecule has 4 nitrogen and oxygen atoms in total. The summed E-state index contributed by atoms with van der Waals surface area (Å²) in [5, 5.41) is 4.52. The Morgan fingerprint density at radius 1 is 1.16 bits per heavy atom. The number of ether oxygens (including phenoxy) is 2. The molecule has 2 heterocycles. The Balaban J connectivity index is 1.69. The van der Waals surface area contributed by atoms with Crippen molar-refractivity contribution >= 4 is 6.08 Å². The highest BCUT2D eigenvalue weighted by molar-refractivity contribution is 5.60. The molecule has 0 N–H and O–H groups in total. The zero-order chi connectivity index (χ0) is 17.8. The SMILES string of the molecule is CC1=Cc2c(cnn2-c2ccc(F)cc2)C[C@]1(C)C1OC(C)[C@@H](C)O1. The number of benzene rings is 1. The van der Waals surface area contributed by atoms with Gasteiger partial charge in [0.25, 0.3) is 0 Å². The third-order valence-electron chi connectivity index (χ3n) is 5.63. The number of fused-ring (bicyclic) bond motifs is 1. The first-order valence-electron chi connectivity index (χ1n) is 8.71. The van der Waals surface area contributed by atoms with Crippen LogP contribution in [0.3, 0.4) is 0 Å². The molecule has 1 aliphatic heterocycles. The Morgan fingerprint density at radius 2 is 1.80 bits per heavy atom. The molecule has 2 unspecified atom stereocenters. The van der Waals surface area contributed by atoms with Crippen LogP contribution in [0.5, 0.6) is 0 Å². The number of aromatic nitrogens is 2. The van der Waals surface area contributed by atoms with Gasteiger partial charge in [-0.1, -0.05) is 12.5 Å². The van der Waals surface area contributed by atoms with Crippen molar-refractivity contribution in [3.05, 3.63) is 53.1 Å². The predicted octanol–water partition coefficient (Wildman–Crippen LogP) is 4.13. The lowest BCUT2D eigenvalue weighted by molar-refractivity contribution is -0.128. The largest absolute Gasteiger partial charge is 0.346 e. The predicted molar refractivity (Wildman–Crippen MR) is 93.9 cm³/mol. The van der Waals surface area contributed by atoms with Gasteiger partial charge in [-0.05, 0) is 63.1 Å². The molecule has 1 aromatic carbocycles. The molecule has 0 bridgehead atoms. The highest BCUT2D eigenvalue weighted by Crippen LogP contribution is 2.45. The van der Waals surface area contributed by atoms with Crippen molar-refractivity contribution < 1.29 is 13.9 Å². The van der Waals surface area contributed by atoms with Crippen LogP contribution < -0.4 is 0 Å². The van der Waals surface area contributed by atoms with Gasteiger partial charge in [0.05, 0.1) is 29.8 Å². The van der Waals surface area contributed by atoms with Crippen LogP contribution in [0.15, 0.2) is 36.0 Å². The maximum atomic E-state index is 13.2. The van der Waals surface area contributed by atoms with Gasteiger partial charge in [-0.25, -0.2) is 9.07 Å². The fraction of sp³-hybridized carbons (Fsp3) is 0.450. The van der Waals surface area contributed by atoms with Crippen molar-refractivity contribution in [2.75, 3.05) is 0 Å². The lowest BCUT2D eigenvalue weighted by Gasteiger charge is -2.37. The van der Waals surface area contributed by atoms with E-state index in [1.807, 2.05) is 24.7 Å². The molecule has 132 valence electrons. The molecule has 4 atom stereocenters. The Labute approximate surface area is 147 Å². The van der Waals surface area contributed by atoms with Crippen LogP contribution in [-0.4, -0.2) is 28.3 Å². The minimum Gasteiger partial charge on any atom is -0.346 e. The fourth-order valence-electron chi connectivity index (χ4n) is 3.59. The average molecular weight is 342 g/mol. The van der Waals surface area contributed by atoms with Gasteiger partial charge in [-0.2, -0.15) is 5.10 Å². The van der Waals surface area contributed by atoms with E-state index < -0.39 is 0 Å². The second kappa shape index (κ2) is 5.78. The smallest absolute Gasteiger partial charge is 0.167 e. The molecule has 2 aromatic rings. The monoisotopic (exact) mass is 342 g/mol. The van der Waals surface area contributed by atoms with Crippen LogP contribution in [0, 0.1) is 11.2 Å². The first kappa shape index (κ1) is 16.5. The quantitative estimate of drug-likeness (QED) is 0.823. The Morgan fingerprint density at radius 3 is 2.44 bits per heavy atom. The van der Waals surface area contributed by atoms with Crippen LogP contribution in [0.1, 0.15) is 39.0 Å². The molecule has 1 aliphatic carbocycles. The van der Waals surface area contributed by atoms with E-state index in [0.717, 1.165) is 23.4 Å². The van der Waals surface area contributed by atoms with E-state index in [9.17, 15) is 4.39 Å². The first-order chi connectivity index (χ1) is 11.9. The summed E-state index contributed by atoms with van der Waals surface area (Å²) in [4.78, 5) is 0. The Bertz CT molecular complexity index is 817. The minimum absolute atomic E-state index is 0.0953. The van der Waals surface area contributed by atoms with E-state index >= 15 is 0 Å². The zero-order valence-electron chi connectivity index (χ0n) is 15.0. The van der Waals surface area contributed by atoms with Gasteiger partial charge in [0.15, 0.2) is 6.29 Å². The highest BCUT2D eigenvalue weighted by Gasteiger charge is 2.46. The number of hydrogen-bond donors (Lipinski definition) is 0. The maximum absolute atomic E-state index is 13.2. The molecule has 0 spiro atoms. The Kier molecular flexibility index (Phi) is 3.81. The molecule has 1 saturated heterocycles. The summed E-state index contributed by atoms with van der Waals surface area (Å²) in [5.41, 5.74) is 4.03. The van der Waals surface area contributed by atoms with Gasteiger partial charge in [-0.15, -0.1) is 0 Å². The van der Waals surface area contributed by atoms with E-state index in [4.69, 9.17) is 9.47 Å². The normalized spacial score (nSPS) is 31.7. The summed E-state index contributed by atoms with van der Waals surface area (Å²) in [7, 11) is 0. The van der Waals surface area contributed by atoms with E-state index in [-0.39, 0.29) is 29.7 Å². The summed E-state index contributed by atoms with van der Waals surface area (Å²) in [6.45, 7) is 8.40. The lowest BCUT2D eigenvalue weighted by atomic mass is 9.73. The summed E-state index contributed by atoms with van der Waals surface area (Å²) >= 11 is 0. The summed E-state index contributed by atoms with van der Waals surface area (Å²) in [6, 6.07) is 6.39. The third-order valence-corrected chi connectivity index (χ3v) is 5.63. The van der Waals surface area contributed by atoms with E-state index in [2.05, 4.69) is 25.0 Å². The van der Waals surface area contributed by atoms with Crippen molar-refractivity contribution in [2.24, 2.45) is 5.41 Å². The first-order valence-corrected chi connectivity index (χ1v) is 8.71. The highest BCUT2D eigenvalue weighted by atomic mass is 19.1. The second-order valence-corrected chi connectivity index (χ2v) is 7.38. The van der Waals surface area contributed by atoms with E-state index in [0.29, 0.717) is 0 Å². The number of nitrogens with zero attached hydrogens (tertiary/aromatic N) is 2. The molecule has 0 amide bonds. The lowest BCUT2D eigenvalue weighted by Crippen LogP contribution is -2.38. The minimum atomic E-state index is -0.254. The summed E-state index contributed by atoms with van der Waals surface area (Å²) < 4.78 is 27.2. The summed E-state index contributed by atoms with van der Waals surface area (Å²) in [6.07, 6.45) is 4.78. The number of hydrogen-bond acceptors (Lipinski definition) is 3. The van der Waals surface area contributed by atoms with Gasteiger partial charge in [-0.3, -0.25) is 0 Å². The second-order valence-electron chi connectivity index (χ2n) is 7.38. The van der Waals surface area contributed by atoms with Crippen molar-refractivity contribution in [3.63, 3.8) is 0 Å². The van der Waals surface area contributed by atoms with Crippen LogP contribution in [-0.2, 0) is 15.9 Å². The van der Waals surface area contributed by atoms with Crippen molar-refractivity contribution in [3.8, 4) is 5.69 Å². The van der Waals surface area contributed by atoms with Gasteiger partial charge < -0.3 is 9.47 Å². The molecule has 1 fully saturated rings. The molecule has 1 aromatic heterocycles. The van der Waals surface area contributed by atoms with Crippen molar-refractivity contribution in [1.82, 2.24) is 9.78 Å². The van der Waals surface area contributed by atoms with E-state index in [1.165, 1.54) is 17.7 Å². The van der Waals surface area contributed by atoms with Gasteiger partial charge in [0.2, 0.25) is 0 Å². The van der Waals surface area contributed by atoms with Crippen LogP contribution in [0.4, 0.5) is 4.39 Å². The standard InChI is InChI=1S/C20H23FN2O2/c1-12-9-18-15(10-20(12,4)19-24-13(2)14(3)25-19)11-22-23(18)17-7-5-16(21)6-8-17/h5-9,11,13-14,19H,10H2,1-4H3/t13-,14?,19?,20+/m1/s1. The van der Waals surface area contributed by atoms with Crippen LogP contribution >= 0.6 is 0 Å². The van der Waals surface area contributed by atoms with E-state index in [1.54, 1.807) is 12.1 Å². The molecule has 25 heavy (non-hydrogen) atoms. The topological polar surface area (TPSA) is 36.3 Å². The molecular formula is C20H23FN2O2. The zero-order valence-corrected chi connectivity index (χ0v) is 15.0. The number of rotatable bonds is 2. The maximum Gasteiger partial charge on any atom is 0.167 e. The third kappa shape index (κ3) is 2.62. The van der Waals surface area contributed by atoms with Gasteiger partial charge >= 0.3 is 0 Å². The van der Waals surface area contributed by atoms with Crippen LogP contribution in [0.2, 0.25) is 0 Å². The van der Waals surface area contributed by atoms with Gasteiger partial charge in [0, 0.05) is 5.41 Å². The number of halogens is 1. The molecule has 5 heteroatoms. The molecule has 2 aliphatic rings. The van der Waals surface area contributed by atoms with Crippen molar-refractivity contribution in [1.29, 1.82) is 0 Å². The fourth-order valence-corrected chi connectivity index (χ4v) is 3.59. The average Bonchev–Trinajstić information content (AvgIpc) is 3.13. The molecule has 4 rings (SSSR count). The Hall–Kier alpha value is -1.98. The van der Waals surface area contributed by atoms with Crippen molar-refractivity contribution in [2.45, 2.75) is 52.6 Å². The molecule has 0 radical (unpaired) electrons. The molecular weight excluding hydrogens is 319 g/mol.